The molecule has 1 aliphatic heterocycles. The number of halogens is 1. The van der Waals surface area contributed by atoms with Crippen LogP contribution in [-0.4, -0.2) is 150 Å². The zero-order valence-electron chi connectivity index (χ0n) is 63.9. The van der Waals surface area contributed by atoms with Crippen molar-refractivity contribution < 1.29 is 79.1 Å². The molecule has 102 heavy (non-hydrogen) atoms. The molecule has 576 valence electrons. The Bertz CT molecular complexity index is 3200. The van der Waals surface area contributed by atoms with Gasteiger partial charge in [-0.3, -0.25) is 14.4 Å². The summed E-state index contributed by atoms with van der Waals surface area (Å²) in [6.07, 6.45) is 2.28. The molecule has 5 aromatic rings. The van der Waals surface area contributed by atoms with Gasteiger partial charge in [0.1, 0.15) is 30.0 Å². The van der Waals surface area contributed by atoms with Crippen LogP contribution in [0.3, 0.4) is 0 Å². The fourth-order valence-corrected chi connectivity index (χ4v) is 18.4. The van der Waals surface area contributed by atoms with E-state index in [0.29, 0.717) is 83.3 Å². The van der Waals surface area contributed by atoms with Gasteiger partial charge in [0.25, 0.3) is 13.3 Å². The third-order valence-corrected chi connectivity index (χ3v) is 22.7. The van der Waals surface area contributed by atoms with Crippen LogP contribution in [0, 0.1) is 5.92 Å². The molecule has 27 heteroatoms. The van der Waals surface area contributed by atoms with Gasteiger partial charge in [-0.15, -0.1) is 0 Å². The first-order valence-electron chi connectivity index (χ1n) is 35.0. The van der Waals surface area contributed by atoms with E-state index in [4.69, 9.17) is 110 Å². The van der Waals surface area contributed by atoms with Gasteiger partial charge in [0.15, 0.2) is 12.6 Å². The monoisotopic (exact) mass is 1540 g/mol. The lowest BCUT2D eigenvalue weighted by molar-refractivity contribution is -0.105. The number of rotatable bonds is 44. The first-order chi connectivity index (χ1) is 48.2. The highest BCUT2D eigenvalue weighted by Crippen LogP contribution is 2.51. The highest BCUT2D eigenvalue weighted by Gasteiger charge is 2.37. The van der Waals surface area contributed by atoms with E-state index in [2.05, 4.69) is 88.2 Å². The van der Waals surface area contributed by atoms with Gasteiger partial charge in [0.2, 0.25) is 0 Å². The van der Waals surface area contributed by atoms with Crippen LogP contribution in [-0.2, 0) is 94.0 Å². The lowest BCUT2D eigenvalue weighted by atomic mass is 9.77. The Labute approximate surface area is 626 Å². The Morgan fingerprint density at radius 2 is 1.15 bits per heavy atom. The second kappa shape index (κ2) is 46.1. The number of hydrogen-bond donors (Lipinski definition) is 4. The summed E-state index contributed by atoms with van der Waals surface area (Å²) in [4.78, 5) is 0. The number of hydrogen-bond acceptors (Lipinski definition) is 20. The van der Waals surface area contributed by atoms with E-state index < -0.39 is 49.7 Å². The number of ether oxygens (including phenoxy) is 10. The molecule has 0 spiro atoms. The average Bonchev–Trinajstić information content (AvgIpc) is 0.845. The number of unbranched alkanes of at least 4 members (excludes halogenated alkanes) is 2. The van der Waals surface area contributed by atoms with Crippen LogP contribution in [0.2, 0.25) is 5.02 Å². The smallest absolute Gasteiger partial charge is 0.406 e. The van der Waals surface area contributed by atoms with Gasteiger partial charge in [-0.1, -0.05) is 103 Å². The Balaban J connectivity index is 0.000000327. The molecule has 7 unspecified atom stereocenters. The SMILES string of the molecule is CCOCC(C)COP(=S)(NCCOc1ccc(C(OC)OC)c(Cl)c1)OC(C)(C)C.COCCC(C)OP(=S)(NCCOCC1COC(c2ccc(OC)cc2)O1)OC(C)(C)C.COc1ccc(C(NCCCCCOP(=O)(NC(C)C)OC(C)(C)C)(c2ccccc2)c2ccccc2)cc1. The molecule has 0 radical (unpaired) electrons. The minimum atomic E-state index is -3.38. The summed E-state index contributed by atoms with van der Waals surface area (Å²) < 4.78 is 104. The molecule has 4 N–H and O–H groups in total. The molecule has 1 fully saturated rings. The predicted molar refractivity (Wildman–Crippen MR) is 416 cm³/mol. The quantitative estimate of drug-likeness (QED) is 0.0124. The molecule has 0 bridgehead atoms. The van der Waals surface area contributed by atoms with Gasteiger partial charge in [-0.25, -0.2) is 19.8 Å². The van der Waals surface area contributed by atoms with Crippen molar-refractivity contribution in [1.29, 1.82) is 0 Å². The van der Waals surface area contributed by atoms with Gasteiger partial charge in [-0.2, -0.15) is 0 Å². The van der Waals surface area contributed by atoms with Crippen molar-refractivity contribution in [3.05, 3.63) is 160 Å². The summed E-state index contributed by atoms with van der Waals surface area (Å²) >= 11 is 17.8. The molecule has 7 atom stereocenters. The molecule has 5 aromatic carbocycles. The van der Waals surface area contributed by atoms with E-state index in [1.165, 1.54) is 11.1 Å². The lowest BCUT2D eigenvalue weighted by Crippen LogP contribution is -2.45. The molecule has 1 heterocycles. The summed E-state index contributed by atoms with van der Waals surface area (Å²) in [6, 6.07) is 42.4. The maximum Gasteiger partial charge on any atom is 0.406 e. The fourth-order valence-electron chi connectivity index (χ4n) is 10.2. The van der Waals surface area contributed by atoms with Crippen LogP contribution >= 0.6 is 32.6 Å². The molecule has 0 aliphatic carbocycles. The molecule has 6 rings (SSSR count). The summed E-state index contributed by atoms with van der Waals surface area (Å²) in [5, 5.41) is 13.9. The maximum absolute atomic E-state index is 13.2. The van der Waals surface area contributed by atoms with Crippen LogP contribution in [0.15, 0.2) is 127 Å². The minimum absolute atomic E-state index is 0.00978. The predicted octanol–water partition coefficient (Wildman–Crippen LogP) is 17.2. The van der Waals surface area contributed by atoms with Crippen molar-refractivity contribution in [3.8, 4) is 17.2 Å². The standard InChI is InChI=1S/C32H45N2O4P.C22H38NO7PS.C21H37ClNO6PS/c1-26(2)34-39(35,38-31(3,4)5)37-25-15-9-14-24-33-32(27-16-10-7-11-17-27,28-18-12-8-13-19-28)29-20-22-30(36-6)23-21-29;1-17(11-13-24-5)29-31(32,30-22(2,3)4)23-12-14-26-15-20-16-27-21(28-20)18-7-9-19(25-6)10-8-18;1-8-26-14-16(2)15-28-30(31,29-21(3,4)5)23-11-12-27-17-9-10-18(19(22)13-17)20(24-6)25-7/h7-8,10-13,16-23,26,33H,9,14-15,24-25H2,1-6H3,(H,34,35);7-10,17,20-21H,11-16H2,1-6H3,(H,23,32);9-10,13,16,20H,8,11-12,14-15H2,1-7H3,(H,23,31). The third-order valence-electron chi connectivity index (χ3n) is 14.5. The van der Waals surface area contributed by atoms with Crippen LogP contribution in [0.25, 0.3) is 0 Å². The van der Waals surface area contributed by atoms with E-state index in [-0.39, 0.29) is 30.5 Å². The second-order valence-corrected chi connectivity index (χ2v) is 36.0. The van der Waals surface area contributed by atoms with E-state index in [0.717, 1.165) is 60.4 Å². The highest BCUT2D eigenvalue weighted by molar-refractivity contribution is 8.09. The first-order valence-corrected chi connectivity index (χ1v) is 42.2. The van der Waals surface area contributed by atoms with Crippen molar-refractivity contribution >= 4 is 56.2 Å². The molecule has 0 aromatic heterocycles. The van der Waals surface area contributed by atoms with Crippen LogP contribution in [0.5, 0.6) is 17.2 Å². The summed E-state index contributed by atoms with van der Waals surface area (Å²) in [6.45, 7) is 28.1. The topological polar surface area (TPSA) is 213 Å². The number of methoxy groups -OCH3 is 5. The van der Waals surface area contributed by atoms with Crippen molar-refractivity contribution in [2.75, 3.05) is 115 Å². The van der Waals surface area contributed by atoms with Crippen LogP contribution in [0.1, 0.15) is 163 Å². The third kappa shape index (κ3) is 34.7. The van der Waals surface area contributed by atoms with Crippen molar-refractivity contribution in [3.63, 3.8) is 0 Å². The fraction of sp³-hybridized carbons (Fsp3) is 0.600. The Morgan fingerprint density at radius 3 is 1.69 bits per heavy atom. The van der Waals surface area contributed by atoms with E-state index in [1.807, 2.05) is 151 Å². The lowest BCUT2D eigenvalue weighted by Gasteiger charge is -2.37. The van der Waals surface area contributed by atoms with E-state index in [9.17, 15) is 4.57 Å². The van der Waals surface area contributed by atoms with Crippen molar-refractivity contribution in [1.82, 2.24) is 20.6 Å². The Hall–Kier alpha value is -3.36. The van der Waals surface area contributed by atoms with Gasteiger partial charge in [0.05, 0.1) is 87.3 Å². The number of benzene rings is 5. The van der Waals surface area contributed by atoms with Gasteiger partial charge in [0, 0.05) is 70.7 Å². The first kappa shape index (κ1) is 91.0. The normalized spacial score (nSPS) is 16.8. The Morgan fingerprint density at radius 1 is 0.598 bits per heavy atom. The minimum Gasteiger partial charge on any atom is -0.497 e. The second-order valence-electron chi connectivity index (χ2n) is 27.6. The van der Waals surface area contributed by atoms with Gasteiger partial charge in [-0.05, 0) is 205 Å². The molecule has 1 aliphatic rings. The molecule has 0 saturated carbocycles. The maximum atomic E-state index is 13.2. The Kier molecular flexibility index (Phi) is 41.1. The molecular weight excluding hydrogens is 1420 g/mol. The highest BCUT2D eigenvalue weighted by atomic mass is 35.5. The van der Waals surface area contributed by atoms with Crippen molar-refractivity contribution in [2.45, 2.75) is 176 Å². The average molecular weight is 1540 g/mol. The van der Waals surface area contributed by atoms with E-state index in [1.54, 1.807) is 41.6 Å². The van der Waals surface area contributed by atoms with Crippen LogP contribution < -0.4 is 34.8 Å². The molecule has 1 saturated heterocycles. The molecule has 0 amide bonds. The summed E-state index contributed by atoms with van der Waals surface area (Å²) in [7, 11) is 4.73. The van der Waals surface area contributed by atoms with E-state index >= 15 is 0 Å². The largest absolute Gasteiger partial charge is 0.497 e. The zero-order chi connectivity index (χ0) is 75.5. The summed E-state index contributed by atoms with van der Waals surface area (Å²) in [5.74, 6) is 2.48. The van der Waals surface area contributed by atoms with Gasteiger partial charge < -0.3 is 65.5 Å². The number of nitrogens with one attached hydrogen (secondary N) is 4. The van der Waals surface area contributed by atoms with Gasteiger partial charge >= 0.3 is 7.75 Å². The summed E-state index contributed by atoms with van der Waals surface area (Å²) in [5.41, 5.74) is 3.23. The molecular formula is C75H120ClN4O17P3S2. The molecule has 21 nitrogen and oxygen atoms in total. The van der Waals surface area contributed by atoms with Crippen molar-refractivity contribution in [2.24, 2.45) is 5.92 Å². The zero-order valence-corrected chi connectivity index (χ0v) is 69.0. The van der Waals surface area contributed by atoms with Crippen LogP contribution in [0.4, 0.5) is 0 Å².